The number of hydrogen-bond donors (Lipinski definition) is 1. The summed E-state index contributed by atoms with van der Waals surface area (Å²) in [5.41, 5.74) is 12.2. The molecule has 0 saturated carbocycles. The van der Waals surface area contributed by atoms with Crippen molar-refractivity contribution in [3.63, 3.8) is 0 Å². The normalized spacial score (nSPS) is 10.9. The number of rotatable bonds is 4. The van der Waals surface area contributed by atoms with Crippen LogP contribution in [0.25, 0.3) is 77.2 Å². The topological polar surface area (TPSA) is 22.2 Å². The summed E-state index contributed by atoms with van der Waals surface area (Å²) < 4.78 is 9.56. The first-order valence-electron chi connectivity index (χ1n) is 17.8. The van der Waals surface area contributed by atoms with Crippen LogP contribution in [0, 0.1) is 0 Å². The molecule has 3 nitrogen and oxygen atoms in total. The van der Waals surface area contributed by atoms with Crippen molar-refractivity contribution in [2.24, 2.45) is 4.30 Å². The summed E-state index contributed by atoms with van der Waals surface area (Å²) in [7, 11) is 4.34. The van der Waals surface area contributed by atoms with E-state index in [-0.39, 0.29) is 0 Å². The molecule has 0 atom stereocenters. The van der Waals surface area contributed by atoms with Gasteiger partial charge < -0.3 is 9.13 Å². The molecule has 2 heterocycles. The average Bonchev–Trinajstić information content (AvgIpc) is 3.74. The van der Waals surface area contributed by atoms with Crippen LogP contribution in [-0.2, 0) is 0 Å². The van der Waals surface area contributed by atoms with Crippen LogP contribution in [0.5, 0.6) is 0 Å². The van der Waals surface area contributed by atoms with Crippen molar-refractivity contribution in [2.75, 3.05) is 0 Å². The molecule has 0 aliphatic heterocycles. The SMILES string of the molecule is Brc1ccc2c(c1)c1cc(Br)ccc1n2-c1ccc(-c2ccccc2)cc1.[B]=NS.c1ccc(-c2ccc(-n3c4ccccc4c4ccccc43)cc2)cc1. The zero-order chi connectivity index (χ0) is 37.7. The molecule has 0 spiro atoms. The van der Waals surface area contributed by atoms with E-state index in [1.54, 1.807) is 0 Å². The molecule has 0 amide bonds. The van der Waals surface area contributed by atoms with E-state index in [2.05, 4.69) is 254 Å². The van der Waals surface area contributed by atoms with Gasteiger partial charge in [0.05, 0.1) is 22.1 Å². The molecule has 8 aromatic carbocycles. The Morgan fingerprint density at radius 2 is 0.673 bits per heavy atom. The van der Waals surface area contributed by atoms with E-state index in [9.17, 15) is 0 Å². The van der Waals surface area contributed by atoms with Gasteiger partial charge >= 0.3 is 24.8 Å². The van der Waals surface area contributed by atoms with Gasteiger partial charge in [0.15, 0.2) is 0 Å². The number of thiol groups is 1. The smallest absolute Gasteiger partial charge is 0.0541 e. The Morgan fingerprint density at radius 1 is 0.364 bits per heavy atom. The van der Waals surface area contributed by atoms with Gasteiger partial charge in [-0.3, -0.25) is 0 Å². The Balaban J connectivity index is 0.000000146. The molecule has 0 bridgehead atoms. The van der Waals surface area contributed by atoms with Crippen molar-refractivity contribution in [3.8, 4) is 33.6 Å². The largest absolute Gasteiger partial charge is 0.309 e. The summed E-state index contributed by atoms with van der Waals surface area (Å²) in [4.78, 5) is 0. The molecule has 55 heavy (non-hydrogen) atoms. The van der Waals surface area contributed by atoms with Crippen LogP contribution in [-0.4, -0.2) is 16.8 Å². The number of fused-ring (bicyclic) bond motifs is 6. The number of hydrogen-bond acceptors (Lipinski definition) is 2. The maximum atomic E-state index is 4.34. The van der Waals surface area contributed by atoms with Gasteiger partial charge in [0.25, 0.3) is 0 Å². The van der Waals surface area contributed by atoms with Crippen molar-refractivity contribution in [1.82, 2.24) is 9.13 Å². The maximum absolute atomic E-state index is 4.34. The van der Waals surface area contributed by atoms with Crippen molar-refractivity contribution in [2.45, 2.75) is 0 Å². The van der Waals surface area contributed by atoms with E-state index in [1.807, 2.05) is 6.07 Å². The van der Waals surface area contributed by atoms with Crippen molar-refractivity contribution < 1.29 is 0 Å². The molecule has 0 saturated heterocycles. The van der Waals surface area contributed by atoms with E-state index < -0.39 is 0 Å². The van der Waals surface area contributed by atoms with Crippen LogP contribution >= 0.6 is 44.7 Å². The van der Waals surface area contributed by atoms with E-state index in [1.165, 1.54) is 77.2 Å². The second-order valence-corrected chi connectivity index (χ2v) is 15.0. The minimum atomic E-state index is 1.09. The zero-order valence-electron chi connectivity index (χ0n) is 29.6. The van der Waals surface area contributed by atoms with Gasteiger partial charge in [0, 0.05) is 41.9 Å². The molecule has 0 aliphatic rings. The van der Waals surface area contributed by atoms with Gasteiger partial charge in [-0.15, -0.1) is 0 Å². The van der Waals surface area contributed by atoms with Crippen LogP contribution in [0.4, 0.5) is 0 Å². The minimum Gasteiger partial charge on any atom is -0.309 e. The van der Waals surface area contributed by atoms with Gasteiger partial charge in [0.1, 0.15) is 0 Å². The second kappa shape index (κ2) is 16.5. The van der Waals surface area contributed by atoms with Gasteiger partial charge in [-0.05, 0) is 95.1 Å². The third-order valence-corrected chi connectivity index (χ3v) is 10.7. The fraction of sp³-hybridized carbons (Fsp3) is 0. The Morgan fingerprint density at radius 3 is 1.05 bits per heavy atom. The second-order valence-electron chi connectivity index (χ2n) is 13.0. The van der Waals surface area contributed by atoms with Crippen LogP contribution in [0.1, 0.15) is 0 Å². The molecular weight excluding hydrogens is 821 g/mol. The molecule has 2 aromatic heterocycles. The Hall–Kier alpha value is -5.47. The van der Waals surface area contributed by atoms with Crippen molar-refractivity contribution >= 4 is 95.9 Å². The van der Waals surface area contributed by atoms with Gasteiger partial charge in [0.2, 0.25) is 0 Å². The number of benzene rings is 8. The molecule has 7 heteroatoms. The molecule has 10 aromatic rings. The third kappa shape index (κ3) is 7.48. The quantitative estimate of drug-likeness (QED) is 0.135. The molecule has 0 aliphatic carbocycles. The maximum Gasteiger partial charge on any atom is 0.0541 e. The Bertz CT molecular complexity index is 2790. The number of nitrogens with zero attached hydrogens (tertiary/aromatic N) is 3. The fourth-order valence-corrected chi connectivity index (χ4v) is 8.04. The van der Waals surface area contributed by atoms with E-state index in [0.717, 1.165) is 8.95 Å². The van der Waals surface area contributed by atoms with E-state index in [0.29, 0.717) is 0 Å². The van der Waals surface area contributed by atoms with Crippen LogP contribution in [0.3, 0.4) is 0 Å². The average molecular weight is 854 g/mol. The monoisotopic (exact) mass is 852 g/mol. The first-order chi connectivity index (χ1) is 27.0. The summed E-state index contributed by atoms with van der Waals surface area (Å²) in [5, 5.41) is 5.08. The Labute approximate surface area is 343 Å². The van der Waals surface area contributed by atoms with Gasteiger partial charge in [-0.1, -0.05) is 153 Å². The third-order valence-electron chi connectivity index (χ3n) is 9.73. The standard InChI is InChI=1S/C24H15Br2N.C24H17N.BHNS/c25-18-8-12-23-21(14-18)22-15-19(26)9-13-24(22)27(23)20-10-6-17(7-11-20)16-4-2-1-3-5-16;1-2-8-18(9-3-1)19-14-16-20(17-15-19)25-23-12-6-4-10-21(23)22-11-5-7-13-24(22)25;1-2-3/h1-15H;1-17H;3H. The predicted octanol–water partition coefficient (Wildman–Crippen LogP) is 14.6. The van der Waals surface area contributed by atoms with Crippen molar-refractivity contribution in [3.05, 3.63) is 203 Å². The first-order valence-corrected chi connectivity index (χ1v) is 19.8. The molecule has 263 valence electrons. The molecule has 0 N–H and O–H groups in total. The minimum absolute atomic E-state index is 1.09. The van der Waals surface area contributed by atoms with Crippen LogP contribution < -0.4 is 0 Å². The van der Waals surface area contributed by atoms with E-state index in [4.69, 9.17) is 0 Å². The van der Waals surface area contributed by atoms with Crippen molar-refractivity contribution in [1.29, 1.82) is 0 Å². The van der Waals surface area contributed by atoms with Gasteiger partial charge in [-0.2, -0.15) is 0 Å². The van der Waals surface area contributed by atoms with Crippen LogP contribution in [0.2, 0.25) is 0 Å². The number of halogens is 2. The summed E-state index contributed by atoms with van der Waals surface area (Å²) >= 11 is 10.4. The summed E-state index contributed by atoms with van der Waals surface area (Å²) in [6, 6.07) is 68.8. The summed E-state index contributed by atoms with van der Waals surface area (Å²) in [6.45, 7) is 0. The van der Waals surface area contributed by atoms with Gasteiger partial charge in [-0.25, -0.2) is 0 Å². The fourth-order valence-electron chi connectivity index (χ4n) is 7.31. The number of para-hydroxylation sites is 2. The zero-order valence-corrected chi connectivity index (χ0v) is 33.7. The molecule has 0 fully saturated rings. The molecule has 0 unspecified atom stereocenters. The molecule has 1 radical (unpaired) electrons. The number of aromatic nitrogens is 2. The predicted molar refractivity (Wildman–Crippen MR) is 245 cm³/mol. The summed E-state index contributed by atoms with van der Waals surface area (Å²) in [6.07, 6.45) is 0. The Kier molecular flexibility index (Phi) is 11.0. The van der Waals surface area contributed by atoms with E-state index >= 15 is 0 Å². The van der Waals surface area contributed by atoms with Crippen LogP contribution in [0.15, 0.2) is 207 Å². The molecule has 10 rings (SSSR count). The molecular formula is C48H33BBr2N3S. The first kappa shape index (κ1) is 36.5. The summed E-state index contributed by atoms with van der Waals surface area (Å²) in [5.74, 6) is 0.